The third-order valence-corrected chi connectivity index (χ3v) is 6.83. The number of hydrogen-bond donors (Lipinski definition) is 1. The largest absolute Gasteiger partial charge is 0.393 e. The summed E-state index contributed by atoms with van der Waals surface area (Å²) in [4.78, 5) is 2.56. The summed E-state index contributed by atoms with van der Waals surface area (Å²) in [7, 11) is 0. The Morgan fingerprint density at radius 2 is 1.88 bits per heavy atom. The fraction of sp³-hybridized carbons (Fsp3) is 0.727. The maximum atomic E-state index is 10.7. The minimum atomic E-state index is -0.216. The smallest absolute Gasteiger partial charge is 0.0916 e. The molecule has 1 aliphatic heterocycles. The van der Waals surface area contributed by atoms with Crippen molar-refractivity contribution in [3.05, 3.63) is 35.9 Å². The Morgan fingerprint density at radius 3 is 2.56 bits per heavy atom. The quantitative estimate of drug-likeness (QED) is 0.891. The van der Waals surface area contributed by atoms with Gasteiger partial charge in [-0.2, -0.15) is 0 Å². The molecule has 1 heterocycles. The predicted molar refractivity (Wildman–Crippen MR) is 103 cm³/mol. The molecule has 0 radical (unpaired) electrons. The molecule has 1 aromatic carbocycles. The van der Waals surface area contributed by atoms with Crippen LogP contribution in [0.1, 0.15) is 58.9 Å². The van der Waals surface area contributed by atoms with E-state index in [2.05, 4.69) is 62.9 Å². The molecule has 1 saturated heterocycles. The van der Waals surface area contributed by atoms with E-state index in [9.17, 15) is 5.11 Å². The van der Waals surface area contributed by atoms with Crippen LogP contribution in [-0.4, -0.2) is 41.3 Å². The average molecular weight is 346 g/mol. The number of aliphatic hydroxyl groups excluding tert-OH is 1. The van der Waals surface area contributed by atoms with E-state index in [4.69, 9.17) is 4.74 Å². The van der Waals surface area contributed by atoms with Crippen molar-refractivity contribution in [2.45, 2.75) is 70.6 Å². The molecule has 2 aliphatic rings. The van der Waals surface area contributed by atoms with Gasteiger partial charge in [-0.15, -0.1) is 0 Å². The molecular formula is C22H35NO2. The molecule has 140 valence electrons. The number of benzene rings is 1. The number of ether oxygens (including phenoxy) is 1. The highest BCUT2D eigenvalue weighted by Crippen LogP contribution is 2.40. The molecule has 4 atom stereocenters. The van der Waals surface area contributed by atoms with Gasteiger partial charge in [-0.3, -0.25) is 4.90 Å². The molecule has 0 aromatic heterocycles. The fourth-order valence-electron chi connectivity index (χ4n) is 4.92. The van der Waals surface area contributed by atoms with Gasteiger partial charge in [-0.25, -0.2) is 0 Å². The maximum Gasteiger partial charge on any atom is 0.0916 e. The summed E-state index contributed by atoms with van der Waals surface area (Å²) >= 11 is 0. The van der Waals surface area contributed by atoms with Crippen molar-refractivity contribution in [1.82, 2.24) is 4.90 Å². The Labute approximate surface area is 153 Å². The second-order valence-electron chi connectivity index (χ2n) is 8.93. The van der Waals surface area contributed by atoms with Crippen LogP contribution in [0.2, 0.25) is 0 Å². The fourth-order valence-corrected chi connectivity index (χ4v) is 4.92. The van der Waals surface area contributed by atoms with E-state index in [1.165, 1.54) is 12.0 Å². The first-order chi connectivity index (χ1) is 11.8. The van der Waals surface area contributed by atoms with E-state index in [0.717, 1.165) is 39.0 Å². The highest BCUT2D eigenvalue weighted by molar-refractivity contribution is 5.22. The number of rotatable bonds is 3. The van der Waals surface area contributed by atoms with Crippen molar-refractivity contribution in [2.24, 2.45) is 11.8 Å². The SMILES string of the molecule is C[C@@H]1CC[C@@H](C(C)(C)N2CCO[C@@](C)(c3ccccc3)CC2)[C@H](O)C1. The molecule has 0 amide bonds. The summed E-state index contributed by atoms with van der Waals surface area (Å²) in [5.74, 6) is 1.00. The minimum absolute atomic E-state index is 0.00482. The molecule has 0 bridgehead atoms. The van der Waals surface area contributed by atoms with Crippen LogP contribution >= 0.6 is 0 Å². The lowest BCUT2D eigenvalue weighted by atomic mass is 9.71. The number of nitrogens with zero attached hydrogens (tertiary/aromatic N) is 1. The summed E-state index contributed by atoms with van der Waals surface area (Å²) < 4.78 is 6.33. The van der Waals surface area contributed by atoms with E-state index in [0.29, 0.717) is 11.8 Å². The monoisotopic (exact) mass is 345 g/mol. The maximum absolute atomic E-state index is 10.7. The molecule has 2 fully saturated rings. The molecule has 0 unspecified atom stereocenters. The van der Waals surface area contributed by atoms with Gasteiger partial charge >= 0.3 is 0 Å². The Hall–Kier alpha value is -0.900. The molecule has 3 heteroatoms. The van der Waals surface area contributed by atoms with Crippen molar-refractivity contribution in [2.75, 3.05) is 19.7 Å². The van der Waals surface area contributed by atoms with Crippen molar-refractivity contribution in [1.29, 1.82) is 0 Å². The zero-order valence-electron chi connectivity index (χ0n) is 16.4. The van der Waals surface area contributed by atoms with Gasteiger partial charge in [0.15, 0.2) is 0 Å². The summed E-state index contributed by atoms with van der Waals surface area (Å²) in [5, 5.41) is 10.7. The van der Waals surface area contributed by atoms with Crippen molar-refractivity contribution in [3.8, 4) is 0 Å². The summed E-state index contributed by atoms with van der Waals surface area (Å²) in [6.45, 7) is 11.8. The average Bonchev–Trinajstić information content (AvgIpc) is 2.79. The lowest BCUT2D eigenvalue weighted by Crippen LogP contribution is -2.55. The lowest BCUT2D eigenvalue weighted by Gasteiger charge is -2.48. The van der Waals surface area contributed by atoms with Gasteiger partial charge < -0.3 is 9.84 Å². The molecule has 3 nitrogen and oxygen atoms in total. The molecule has 1 aromatic rings. The Bertz CT molecular complexity index is 558. The van der Waals surface area contributed by atoms with Crippen LogP contribution in [0.5, 0.6) is 0 Å². The van der Waals surface area contributed by atoms with Crippen LogP contribution in [0.15, 0.2) is 30.3 Å². The van der Waals surface area contributed by atoms with Gasteiger partial charge in [0.1, 0.15) is 0 Å². The second-order valence-corrected chi connectivity index (χ2v) is 8.93. The second kappa shape index (κ2) is 7.38. The summed E-state index contributed by atoms with van der Waals surface area (Å²) in [5.41, 5.74) is 1.05. The number of hydrogen-bond acceptors (Lipinski definition) is 3. The topological polar surface area (TPSA) is 32.7 Å². The van der Waals surface area contributed by atoms with Gasteiger partial charge in [0.25, 0.3) is 0 Å². The van der Waals surface area contributed by atoms with Gasteiger partial charge in [-0.05, 0) is 51.5 Å². The summed E-state index contributed by atoms with van der Waals surface area (Å²) in [6, 6.07) is 10.6. The van der Waals surface area contributed by atoms with Crippen LogP contribution < -0.4 is 0 Å². The minimum Gasteiger partial charge on any atom is -0.393 e. The Balaban J connectivity index is 1.72. The van der Waals surface area contributed by atoms with Crippen LogP contribution in [0, 0.1) is 11.8 Å². The standard InChI is InChI=1S/C22H35NO2/c1-17-10-11-19(20(24)16-17)21(2,3)23-13-12-22(4,25-15-14-23)18-8-6-5-7-9-18/h5-9,17,19-20,24H,10-16H2,1-4H3/t17-,19-,20-,22-/m1/s1. The van der Waals surface area contributed by atoms with Crippen LogP contribution in [0.25, 0.3) is 0 Å². The van der Waals surface area contributed by atoms with Crippen LogP contribution in [-0.2, 0) is 10.3 Å². The van der Waals surface area contributed by atoms with E-state index in [-0.39, 0.29) is 17.2 Å². The van der Waals surface area contributed by atoms with Gasteiger partial charge in [0, 0.05) is 24.5 Å². The summed E-state index contributed by atoms with van der Waals surface area (Å²) in [6.07, 6.45) is 4.11. The zero-order valence-corrected chi connectivity index (χ0v) is 16.4. The molecule has 0 spiro atoms. The van der Waals surface area contributed by atoms with E-state index >= 15 is 0 Å². The number of aliphatic hydroxyl groups is 1. The van der Waals surface area contributed by atoms with Crippen molar-refractivity contribution >= 4 is 0 Å². The molecule has 1 N–H and O–H groups in total. The molecule has 3 rings (SSSR count). The molecule has 25 heavy (non-hydrogen) atoms. The van der Waals surface area contributed by atoms with Gasteiger partial charge in [-0.1, -0.05) is 43.7 Å². The zero-order chi connectivity index (χ0) is 18.1. The lowest BCUT2D eigenvalue weighted by molar-refractivity contribution is -0.0472. The van der Waals surface area contributed by atoms with Crippen LogP contribution in [0.3, 0.4) is 0 Å². The van der Waals surface area contributed by atoms with Crippen molar-refractivity contribution < 1.29 is 9.84 Å². The molecule has 1 aliphatic carbocycles. The normalized spacial score (nSPS) is 35.3. The Morgan fingerprint density at radius 1 is 1.16 bits per heavy atom. The Kier molecular flexibility index (Phi) is 5.57. The predicted octanol–water partition coefficient (Wildman–Crippen LogP) is 4.20. The van der Waals surface area contributed by atoms with Gasteiger partial charge in [0.2, 0.25) is 0 Å². The van der Waals surface area contributed by atoms with Crippen LogP contribution in [0.4, 0.5) is 0 Å². The highest BCUT2D eigenvalue weighted by Gasteiger charge is 2.43. The molecule has 1 saturated carbocycles. The van der Waals surface area contributed by atoms with E-state index < -0.39 is 0 Å². The van der Waals surface area contributed by atoms with Crippen molar-refractivity contribution in [3.63, 3.8) is 0 Å². The third-order valence-electron chi connectivity index (χ3n) is 6.83. The first-order valence-corrected chi connectivity index (χ1v) is 9.95. The first kappa shape index (κ1) is 18.9. The highest BCUT2D eigenvalue weighted by atomic mass is 16.5. The van der Waals surface area contributed by atoms with E-state index in [1.54, 1.807) is 0 Å². The van der Waals surface area contributed by atoms with Gasteiger partial charge in [0.05, 0.1) is 18.3 Å². The molecular weight excluding hydrogens is 310 g/mol. The van der Waals surface area contributed by atoms with E-state index in [1.807, 2.05) is 0 Å². The third kappa shape index (κ3) is 3.94. The first-order valence-electron chi connectivity index (χ1n) is 9.95.